The van der Waals surface area contributed by atoms with Crippen molar-refractivity contribution >= 4 is 64.5 Å². The van der Waals surface area contributed by atoms with E-state index in [9.17, 15) is 0 Å². The Hall–Kier alpha value is 0.666. The van der Waals surface area contributed by atoms with Gasteiger partial charge >= 0.3 is 52.6 Å². The van der Waals surface area contributed by atoms with Crippen LogP contribution in [0.1, 0.15) is 20.8 Å². The summed E-state index contributed by atoms with van der Waals surface area (Å²) in [5, 5.41) is 25.3. The molecule has 0 bridgehead atoms. The van der Waals surface area contributed by atoms with Crippen molar-refractivity contribution in [3.8, 4) is 0 Å². The third-order valence-electron chi connectivity index (χ3n) is 0. The predicted molar refractivity (Wildman–Crippen MR) is 47.0 cm³/mol. The van der Waals surface area contributed by atoms with Gasteiger partial charge in [0.25, 0.3) is 0 Å². The first-order chi connectivity index (χ1) is 4.88. The van der Waals surface area contributed by atoms with Crippen molar-refractivity contribution < 1.29 is 24.9 Å². The first kappa shape index (κ1) is 29.2. The number of hydrogen-bond acceptors (Lipinski definition) is 5. The molecular weight excluding hydrogens is 199 g/mol. The van der Waals surface area contributed by atoms with E-state index in [1.807, 2.05) is 0 Å². The van der Waals surface area contributed by atoms with Crippen molar-refractivity contribution in [2.45, 2.75) is 20.8 Å². The molecule has 70 valence electrons. The Morgan fingerprint density at radius 3 is 1.15 bits per heavy atom. The van der Waals surface area contributed by atoms with Crippen molar-refractivity contribution in [3.05, 3.63) is 0 Å². The fourth-order valence-corrected chi connectivity index (χ4v) is 0. The van der Waals surface area contributed by atoms with Gasteiger partial charge in [0.2, 0.25) is 0 Å². The second-order valence-electron chi connectivity index (χ2n) is 1.30. The van der Waals surface area contributed by atoms with Gasteiger partial charge in [-0.3, -0.25) is 0 Å². The van der Waals surface area contributed by atoms with Crippen LogP contribution in [-0.4, -0.2) is 76.3 Å². The molecule has 0 aliphatic carbocycles. The molecule has 0 atom stereocenters. The Bertz CT molecular complexity index is 89.2. The van der Waals surface area contributed by atoms with Gasteiger partial charge in [-0.2, -0.15) is 0 Å². The van der Waals surface area contributed by atoms with Crippen molar-refractivity contribution in [1.29, 1.82) is 0 Å². The van der Waals surface area contributed by atoms with Crippen molar-refractivity contribution in [2.24, 2.45) is 0 Å². The molecule has 0 unspecified atom stereocenters. The second kappa shape index (κ2) is 29.3. The zero-order valence-corrected chi connectivity index (χ0v) is 8.91. The van der Waals surface area contributed by atoms with Crippen LogP contribution < -0.4 is 10.2 Å². The molecule has 0 aromatic carbocycles. The molecule has 0 fully saturated rings. The molecule has 0 aliphatic heterocycles. The number of aliphatic hydroxyl groups is 1. The summed E-state index contributed by atoms with van der Waals surface area (Å²) in [4.78, 5) is 17.8. The van der Waals surface area contributed by atoms with Gasteiger partial charge in [-0.1, -0.05) is 0 Å². The van der Waals surface area contributed by atoms with Crippen LogP contribution in [0.3, 0.4) is 0 Å². The van der Waals surface area contributed by atoms with E-state index in [4.69, 9.17) is 24.9 Å². The summed E-state index contributed by atoms with van der Waals surface area (Å²) in [7, 11) is 0. The molecule has 0 rings (SSSR count). The maximum atomic E-state index is 8.89. The standard InChI is InChI=1S/2C2H4O2.C2H6O.Mg.Na.H/c2*1-2(3)4;1-2-3;;;/h2*1H3,(H,3,4);3H,2H2,1H3;;;/q;;;+2;;/p-2. The van der Waals surface area contributed by atoms with Crippen LogP contribution in [0.15, 0.2) is 0 Å². The van der Waals surface area contributed by atoms with Crippen LogP contribution in [0.25, 0.3) is 0 Å². The van der Waals surface area contributed by atoms with E-state index in [0.717, 1.165) is 13.8 Å². The minimum atomic E-state index is -1.08. The molecule has 0 saturated heterocycles. The minimum absolute atomic E-state index is 0. The SMILES string of the molecule is CC(=O)[O-].CC(=O)[O-].CCO.[Mg+2].[NaH]. The van der Waals surface area contributed by atoms with Gasteiger partial charge in [-0.15, -0.1) is 0 Å². The third-order valence-corrected chi connectivity index (χ3v) is 0. The summed E-state index contributed by atoms with van der Waals surface area (Å²) >= 11 is 0. The molecule has 0 amide bonds. The van der Waals surface area contributed by atoms with E-state index in [1.165, 1.54) is 0 Å². The molecule has 0 saturated carbocycles. The summed E-state index contributed by atoms with van der Waals surface area (Å²) in [5.41, 5.74) is 0. The van der Waals surface area contributed by atoms with Gasteiger partial charge in [-0.25, -0.2) is 0 Å². The predicted octanol–water partition coefficient (Wildman–Crippen LogP) is -3.52. The summed E-state index contributed by atoms with van der Waals surface area (Å²) in [5.74, 6) is -2.17. The Kier molecular flexibility index (Phi) is 65.9. The van der Waals surface area contributed by atoms with E-state index in [-0.39, 0.29) is 59.2 Å². The van der Waals surface area contributed by atoms with Crippen LogP contribution in [0, 0.1) is 0 Å². The fraction of sp³-hybridized carbons (Fsp3) is 0.667. The van der Waals surface area contributed by atoms with E-state index >= 15 is 0 Å². The number of aliphatic hydroxyl groups excluding tert-OH is 1. The monoisotopic (exact) mass is 212 g/mol. The molecule has 5 nitrogen and oxygen atoms in total. The maximum absolute atomic E-state index is 8.89. The number of carbonyl (C=O) groups is 2. The summed E-state index contributed by atoms with van der Waals surface area (Å²) in [6.45, 7) is 3.88. The van der Waals surface area contributed by atoms with Gasteiger partial charge in [-0.05, 0) is 20.8 Å². The molecule has 13 heavy (non-hydrogen) atoms. The van der Waals surface area contributed by atoms with E-state index < -0.39 is 11.9 Å². The quantitative estimate of drug-likeness (QED) is 0.420. The zero-order chi connectivity index (χ0) is 9.86. The van der Waals surface area contributed by atoms with Gasteiger partial charge in [0.05, 0.1) is 0 Å². The second-order valence-corrected chi connectivity index (χ2v) is 1.30. The molecule has 0 spiro atoms. The number of carboxylic acids is 2. The normalized spacial score (nSPS) is 5.23. The number of carbonyl (C=O) groups excluding carboxylic acids is 2. The van der Waals surface area contributed by atoms with Crippen molar-refractivity contribution in [2.75, 3.05) is 6.61 Å². The summed E-state index contributed by atoms with van der Waals surface area (Å²) < 4.78 is 0. The van der Waals surface area contributed by atoms with Crippen molar-refractivity contribution in [1.82, 2.24) is 0 Å². The molecule has 0 aromatic rings. The topological polar surface area (TPSA) is 100 Å². The van der Waals surface area contributed by atoms with Gasteiger partial charge in [0.15, 0.2) is 0 Å². The van der Waals surface area contributed by atoms with E-state index in [0.29, 0.717) is 0 Å². The third kappa shape index (κ3) is 3250. The molecule has 1 N–H and O–H groups in total. The van der Waals surface area contributed by atoms with E-state index in [1.54, 1.807) is 6.92 Å². The molecule has 0 radical (unpaired) electrons. The first-order valence-electron chi connectivity index (χ1n) is 2.84. The fourth-order valence-electron chi connectivity index (χ4n) is 0. The van der Waals surface area contributed by atoms with Gasteiger partial charge in [0.1, 0.15) is 0 Å². The number of hydrogen-bond donors (Lipinski definition) is 1. The van der Waals surface area contributed by atoms with Crippen LogP contribution >= 0.6 is 0 Å². The Morgan fingerprint density at radius 1 is 1.15 bits per heavy atom. The summed E-state index contributed by atoms with van der Waals surface area (Å²) in [6, 6.07) is 0. The average Bonchev–Trinajstić information content (AvgIpc) is 1.60. The van der Waals surface area contributed by atoms with Gasteiger partial charge < -0.3 is 24.9 Å². The van der Waals surface area contributed by atoms with Crippen LogP contribution in [0.4, 0.5) is 0 Å². The Morgan fingerprint density at radius 2 is 1.15 bits per heavy atom. The molecule has 0 aliphatic rings. The Balaban J connectivity index is -0.0000000231. The zero-order valence-electron chi connectivity index (χ0n) is 7.49. The molecular formula is C6H13MgNaO5. The average molecular weight is 212 g/mol. The van der Waals surface area contributed by atoms with E-state index in [2.05, 4.69) is 0 Å². The van der Waals surface area contributed by atoms with Crippen molar-refractivity contribution in [3.63, 3.8) is 0 Å². The van der Waals surface area contributed by atoms with Crippen LogP contribution in [0.2, 0.25) is 0 Å². The Labute approximate surface area is 116 Å². The first-order valence-corrected chi connectivity index (χ1v) is 2.84. The number of carboxylic acid groups (broad SMARTS) is 2. The molecule has 0 heterocycles. The van der Waals surface area contributed by atoms with Crippen LogP contribution in [-0.2, 0) is 9.59 Å². The number of rotatable bonds is 0. The van der Waals surface area contributed by atoms with Gasteiger partial charge in [0, 0.05) is 18.5 Å². The molecule has 0 aromatic heterocycles. The summed E-state index contributed by atoms with van der Waals surface area (Å²) in [6.07, 6.45) is 0. The molecule has 7 heteroatoms. The number of aliphatic carboxylic acids is 2. The van der Waals surface area contributed by atoms with Crippen LogP contribution in [0.5, 0.6) is 0 Å².